The third-order valence-corrected chi connectivity index (χ3v) is 5.72. The van der Waals surface area contributed by atoms with Gasteiger partial charge in [-0.15, -0.1) is 0 Å². The van der Waals surface area contributed by atoms with Crippen molar-refractivity contribution in [1.82, 2.24) is 0 Å². The summed E-state index contributed by atoms with van der Waals surface area (Å²) in [7, 11) is -3.95. The molecule has 0 fully saturated rings. The quantitative estimate of drug-likeness (QED) is 0.103. The number of unbranched alkanes of at least 4 members (excludes halogenated alkanes) is 13. The maximum Gasteiger partial charge on any atom is 0.267 e. The Morgan fingerprint density at radius 1 is 0.516 bits per heavy atom. The fraction of sp³-hybridized carbons (Fsp3) is 1.00. The van der Waals surface area contributed by atoms with Crippen LogP contribution in [0.5, 0.6) is 0 Å². The van der Waals surface area contributed by atoms with Crippen molar-refractivity contribution in [1.29, 1.82) is 0 Å². The highest BCUT2D eigenvalue weighted by molar-refractivity contribution is 7.85. The molecule has 0 rings (SSSR count). The molecule has 0 spiro atoms. The molecule has 31 heavy (non-hydrogen) atoms. The van der Waals surface area contributed by atoms with Gasteiger partial charge in [0.1, 0.15) is 6.79 Å². The maximum absolute atomic E-state index is 10.5. The Morgan fingerprint density at radius 3 is 1.39 bits per heavy atom. The molecule has 0 radical (unpaired) electrons. The van der Waals surface area contributed by atoms with Gasteiger partial charge in [-0.2, -0.15) is 8.42 Å². The molecule has 0 aliphatic rings. The van der Waals surface area contributed by atoms with E-state index in [1.807, 2.05) is 0 Å². The van der Waals surface area contributed by atoms with Crippen LogP contribution in [0.4, 0.5) is 0 Å². The molecule has 0 aliphatic heterocycles. The van der Waals surface area contributed by atoms with E-state index in [1.165, 1.54) is 83.5 Å². The van der Waals surface area contributed by atoms with Crippen LogP contribution in [0, 0.1) is 0 Å². The minimum atomic E-state index is -3.95. The topological polar surface area (TPSA) is 91.3 Å². The van der Waals surface area contributed by atoms with E-state index in [0.717, 1.165) is 13.0 Å². The Hall–Kier alpha value is -0.250. The zero-order valence-corrected chi connectivity index (χ0v) is 20.7. The zero-order valence-electron chi connectivity index (χ0n) is 19.9. The van der Waals surface area contributed by atoms with Crippen molar-refractivity contribution in [2.75, 3.05) is 52.2 Å². The Morgan fingerprint density at radius 2 is 0.903 bits per heavy atom. The van der Waals surface area contributed by atoms with Gasteiger partial charge in [-0.25, -0.2) is 0 Å². The molecule has 188 valence electrons. The summed E-state index contributed by atoms with van der Waals surface area (Å²) in [6.07, 6.45) is 18.9. The van der Waals surface area contributed by atoms with Gasteiger partial charge in [-0.1, -0.05) is 90.4 Å². The minimum Gasteiger partial charge on any atom is -0.378 e. The Balaban J connectivity index is 3.04. The molecule has 0 aromatic carbocycles. The fourth-order valence-electron chi connectivity index (χ4n) is 3.18. The Kier molecular flexibility index (Phi) is 24.2. The first kappa shape index (κ1) is 30.8. The number of rotatable bonds is 26. The standard InChI is InChI=1S/C23H48O7S/c1-2-3-4-5-6-7-8-9-10-11-12-13-14-15-16-29-23-30-20-19-27-17-18-28-21-22-31(24,25)26/h2-23H2,1H3,(H,24,25,26). The van der Waals surface area contributed by atoms with E-state index in [2.05, 4.69) is 6.92 Å². The van der Waals surface area contributed by atoms with Crippen LogP contribution in [0.3, 0.4) is 0 Å². The molecule has 8 heteroatoms. The third-order valence-electron chi connectivity index (χ3n) is 5.04. The molecule has 0 aromatic rings. The summed E-state index contributed by atoms with van der Waals surface area (Å²) in [5.74, 6) is -0.396. The van der Waals surface area contributed by atoms with Gasteiger partial charge in [-0.3, -0.25) is 4.55 Å². The number of hydrogen-bond acceptors (Lipinski definition) is 6. The normalized spacial score (nSPS) is 11.9. The molecule has 0 saturated heterocycles. The van der Waals surface area contributed by atoms with Crippen LogP contribution in [0.1, 0.15) is 96.8 Å². The Labute approximate surface area is 191 Å². The lowest BCUT2D eigenvalue weighted by molar-refractivity contribution is -0.0728. The zero-order chi connectivity index (χ0) is 22.9. The van der Waals surface area contributed by atoms with Crippen molar-refractivity contribution in [3.05, 3.63) is 0 Å². The predicted molar refractivity (Wildman–Crippen MR) is 125 cm³/mol. The van der Waals surface area contributed by atoms with E-state index >= 15 is 0 Å². The van der Waals surface area contributed by atoms with Crippen molar-refractivity contribution < 1.29 is 31.9 Å². The lowest BCUT2D eigenvalue weighted by atomic mass is 10.0. The summed E-state index contributed by atoms with van der Waals surface area (Å²) >= 11 is 0. The molecule has 0 aromatic heterocycles. The first-order valence-electron chi connectivity index (χ1n) is 12.3. The highest BCUT2D eigenvalue weighted by Gasteiger charge is 2.03. The van der Waals surface area contributed by atoms with Gasteiger partial charge < -0.3 is 18.9 Å². The van der Waals surface area contributed by atoms with Crippen LogP contribution in [0.2, 0.25) is 0 Å². The summed E-state index contributed by atoms with van der Waals surface area (Å²) in [4.78, 5) is 0. The molecule has 0 saturated carbocycles. The van der Waals surface area contributed by atoms with Gasteiger partial charge in [0, 0.05) is 6.61 Å². The molecule has 0 bridgehead atoms. The molecule has 0 aliphatic carbocycles. The Bertz CT molecular complexity index is 443. The average molecular weight is 469 g/mol. The molecule has 1 N–H and O–H groups in total. The molecule has 0 atom stereocenters. The van der Waals surface area contributed by atoms with Gasteiger partial charge in [0.25, 0.3) is 10.1 Å². The van der Waals surface area contributed by atoms with E-state index in [1.54, 1.807) is 0 Å². The molecular formula is C23H48O7S. The third kappa shape index (κ3) is 29.8. The first-order valence-corrected chi connectivity index (χ1v) is 13.9. The molecule has 0 heterocycles. The highest BCUT2D eigenvalue weighted by atomic mass is 32.2. The van der Waals surface area contributed by atoms with E-state index < -0.39 is 15.9 Å². The lowest BCUT2D eigenvalue weighted by Gasteiger charge is -2.07. The highest BCUT2D eigenvalue weighted by Crippen LogP contribution is 2.12. The number of hydrogen-bond donors (Lipinski definition) is 1. The van der Waals surface area contributed by atoms with Gasteiger partial charge in [0.05, 0.1) is 38.8 Å². The van der Waals surface area contributed by atoms with Crippen LogP contribution >= 0.6 is 0 Å². The van der Waals surface area contributed by atoms with E-state index in [4.69, 9.17) is 23.5 Å². The van der Waals surface area contributed by atoms with Crippen molar-refractivity contribution in [3.8, 4) is 0 Å². The van der Waals surface area contributed by atoms with E-state index in [0.29, 0.717) is 19.8 Å². The van der Waals surface area contributed by atoms with Crippen molar-refractivity contribution in [2.45, 2.75) is 96.8 Å². The SMILES string of the molecule is CCCCCCCCCCCCCCCCOCOCCOCCOCCS(=O)(=O)O. The van der Waals surface area contributed by atoms with Crippen molar-refractivity contribution >= 4 is 10.1 Å². The summed E-state index contributed by atoms with van der Waals surface area (Å²) in [6.45, 7) is 4.78. The van der Waals surface area contributed by atoms with Crippen molar-refractivity contribution in [2.24, 2.45) is 0 Å². The van der Waals surface area contributed by atoms with Gasteiger partial charge >= 0.3 is 0 Å². The van der Waals surface area contributed by atoms with E-state index in [9.17, 15) is 8.42 Å². The van der Waals surface area contributed by atoms with Crippen molar-refractivity contribution in [3.63, 3.8) is 0 Å². The molecule has 0 unspecified atom stereocenters. The van der Waals surface area contributed by atoms with Crippen LogP contribution in [-0.4, -0.2) is 65.2 Å². The summed E-state index contributed by atoms with van der Waals surface area (Å²) in [6, 6.07) is 0. The summed E-state index contributed by atoms with van der Waals surface area (Å²) < 4.78 is 50.6. The van der Waals surface area contributed by atoms with Gasteiger partial charge in [-0.05, 0) is 6.42 Å². The van der Waals surface area contributed by atoms with Crippen LogP contribution in [0.25, 0.3) is 0 Å². The monoisotopic (exact) mass is 468 g/mol. The van der Waals surface area contributed by atoms with Gasteiger partial charge in [0.2, 0.25) is 0 Å². The molecule has 0 amide bonds. The first-order chi connectivity index (χ1) is 15.1. The minimum absolute atomic E-state index is 0.0359. The smallest absolute Gasteiger partial charge is 0.267 e. The summed E-state index contributed by atoms with van der Waals surface area (Å²) in [5, 5.41) is 0. The molecular weight excluding hydrogens is 420 g/mol. The second kappa shape index (κ2) is 24.4. The second-order valence-electron chi connectivity index (χ2n) is 8.04. The molecule has 7 nitrogen and oxygen atoms in total. The van der Waals surface area contributed by atoms with Crippen LogP contribution < -0.4 is 0 Å². The fourth-order valence-corrected chi connectivity index (χ4v) is 3.51. The van der Waals surface area contributed by atoms with E-state index in [-0.39, 0.29) is 20.0 Å². The maximum atomic E-state index is 10.5. The predicted octanol–water partition coefficient (Wildman–Crippen LogP) is 5.38. The van der Waals surface area contributed by atoms with Crippen LogP contribution in [0.15, 0.2) is 0 Å². The number of ether oxygens (including phenoxy) is 4. The largest absolute Gasteiger partial charge is 0.378 e. The average Bonchev–Trinajstić information content (AvgIpc) is 2.73. The summed E-state index contributed by atoms with van der Waals surface area (Å²) in [5.41, 5.74) is 0. The lowest BCUT2D eigenvalue weighted by Crippen LogP contribution is -2.14. The van der Waals surface area contributed by atoms with Crippen LogP contribution in [-0.2, 0) is 29.1 Å². The van der Waals surface area contributed by atoms with Gasteiger partial charge in [0.15, 0.2) is 0 Å². The second-order valence-corrected chi connectivity index (χ2v) is 9.61.